The van der Waals surface area contributed by atoms with Crippen molar-refractivity contribution in [3.8, 4) is 5.75 Å². The van der Waals surface area contributed by atoms with E-state index in [1.54, 1.807) is 36.2 Å². The van der Waals surface area contributed by atoms with E-state index in [4.69, 9.17) is 32.7 Å². The van der Waals surface area contributed by atoms with Crippen molar-refractivity contribution in [2.75, 3.05) is 13.6 Å². The Morgan fingerprint density at radius 2 is 1.47 bits per heavy atom. The summed E-state index contributed by atoms with van der Waals surface area (Å²) in [6.45, 7) is 1.02. The van der Waals surface area contributed by atoms with Gasteiger partial charge in [0, 0.05) is 19.2 Å². The standard InChI is InChI=1S/C27H27Cl2NO4/c1-30(26(31)24(34-27(32)25(28)29)22-12-6-3-7-13-22)18-8-11-20-14-16-23(17-15-20)33-19-21-9-4-2-5-10-21/h2-7,9-10,12-17,24-25H,8,11,18-19H2,1H3/t24-/m1/s1. The summed E-state index contributed by atoms with van der Waals surface area (Å²) >= 11 is 11.2. The predicted octanol–water partition coefficient (Wildman–Crippen LogP) is 5.74. The molecule has 1 amide bonds. The number of esters is 1. The number of hydrogen-bond acceptors (Lipinski definition) is 4. The first kappa shape index (κ1) is 25.6. The van der Waals surface area contributed by atoms with Crippen molar-refractivity contribution >= 4 is 35.1 Å². The molecule has 0 saturated carbocycles. The van der Waals surface area contributed by atoms with Crippen LogP contribution in [0.5, 0.6) is 5.75 Å². The number of carbonyl (C=O) groups excluding carboxylic acids is 2. The molecule has 0 bridgehead atoms. The predicted molar refractivity (Wildman–Crippen MR) is 134 cm³/mol. The molecule has 0 fully saturated rings. The second kappa shape index (κ2) is 13.0. The molecule has 0 aliphatic carbocycles. The third-order valence-electron chi connectivity index (χ3n) is 5.25. The Hall–Kier alpha value is -3.02. The van der Waals surface area contributed by atoms with E-state index in [0.29, 0.717) is 18.7 Å². The molecule has 0 aliphatic rings. The van der Waals surface area contributed by atoms with Crippen molar-refractivity contribution in [3.05, 3.63) is 102 Å². The monoisotopic (exact) mass is 499 g/mol. The maximum atomic E-state index is 13.0. The van der Waals surface area contributed by atoms with Gasteiger partial charge in [-0.3, -0.25) is 4.79 Å². The van der Waals surface area contributed by atoms with Gasteiger partial charge in [0.15, 0.2) is 0 Å². The molecule has 0 heterocycles. The molecule has 0 radical (unpaired) electrons. The van der Waals surface area contributed by atoms with Crippen LogP contribution in [0.15, 0.2) is 84.9 Å². The van der Waals surface area contributed by atoms with Crippen molar-refractivity contribution in [1.29, 1.82) is 0 Å². The molecule has 0 saturated heterocycles. The lowest BCUT2D eigenvalue weighted by molar-refractivity contribution is -0.159. The van der Waals surface area contributed by atoms with E-state index in [0.717, 1.165) is 29.7 Å². The lowest BCUT2D eigenvalue weighted by Gasteiger charge is -2.24. The van der Waals surface area contributed by atoms with Crippen LogP contribution in [0.25, 0.3) is 0 Å². The molecule has 7 heteroatoms. The van der Waals surface area contributed by atoms with Crippen molar-refractivity contribution < 1.29 is 19.1 Å². The topological polar surface area (TPSA) is 55.8 Å². The fourth-order valence-corrected chi connectivity index (χ4v) is 3.48. The van der Waals surface area contributed by atoms with Gasteiger partial charge in [0.05, 0.1) is 0 Å². The highest BCUT2D eigenvalue weighted by Gasteiger charge is 2.29. The second-order valence-corrected chi connectivity index (χ2v) is 8.91. The number of amides is 1. The maximum absolute atomic E-state index is 13.0. The van der Waals surface area contributed by atoms with E-state index in [1.165, 1.54) is 0 Å². The van der Waals surface area contributed by atoms with Gasteiger partial charge in [0.2, 0.25) is 10.9 Å². The fraction of sp³-hybridized carbons (Fsp3) is 0.259. The van der Waals surface area contributed by atoms with Crippen LogP contribution in [-0.2, 0) is 27.4 Å². The van der Waals surface area contributed by atoms with Crippen LogP contribution in [0.3, 0.4) is 0 Å². The van der Waals surface area contributed by atoms with Gasteiger partial charge in [-0.1, -0.05) is 96.0 Å². The molecular weight excluding hydrogens is 473 g/mol. The molecule has 3 rings (SSSR count). The van der Waals surface area contributed by atoms with Crippen molar-refractivity contribution in [3.63, 3.8) is 0 Å². The summed E-state index contributed by atoms with van der Waals surface area (Å²) in [6, 6.07) is 26.8. The zero-order chi connectivity index (χ0) is 24.3. The maximum Gasteiger partial charge on any atom is 0.340 e. The Bertz CT molecular complexity index is 1040. The van der Waals surface area contributed by atoms with Crippen LogP contribution in [0.2, 0.25) is 0 Å². The first-order valence-electron chi connectivity index (χ1n) is 11.0. The first-order valence-corrected chi connectivity index (χ1v) is 11.9. The Kier molecular flexibility index (Phi) is 9.80. The van der Waals surface area contributed by atoms with Crippen LogP contribution in [0.1, 0.15) is 29.2 Å². The normalized spacial score (nSPS) is 11.6. The average Bonchev–Trinajstić information content (AvgIpc) is 2.87. The van der Waals surface area contributed by atoms with E-state index >= 15 is 0 Å². The number of aryl methyl sites for hydroxylation is 1. The van der Waals surface area contributed by atoms with Gasteiger partial charge < -0.3 is 14.4 Å². The fourth-order valence-electron chi connectivity index (χ4n) is 3.38. The highest BCUT2D eigenvalue weighted by atomic mass is 35.5. The number of likely N-dealkylation sites (N-methyl/N-ethyl adjacent to an activating group) is 1. The third kappa shape index (κ3) is 7.79. The summed E-state index contributed by atoms with van der Waals surface area (Å²) in [4.78, 5) is 25.2. The van der Waals surface area contributed by atoms with Gasteiger partial charge >= 0.3 is 5.97 Å². The number of carbonyl (C=O) groups is 2. The molecule has 0 N–H and O–H groups in total. The minimum absolute atomic E-state index is 0.335. The largest absolute Gasteiger partial charge is 0.489 e. The van der Waals surface area contributed by atoms with Gasteiger partial charge in [-0.05, 0) is 36.1 Å². The number of hydrogen-bond donors (Lipinski definition) is 0. The second-order valence-electron chi connectivity index (χ2n) is 7.81. The van der Waals surface area contributed by atoms with Crippen LogP contribution >= 0.6 is 23.2 Å². The molecule has 0 aromatic heterocycles. The molecule has 178 valence electrons. The Balaban J connectivity index is 1.51. The van der Waals surface area contributed by atoms with E-state index in [-0.39, 0.29) is 5.91 Å². The zero-order valence-corrected chi connectivity index (χ0v) is 20.4. The molecule has 5 nitrogen and oxygen atoms in total. The van der Waals surface area contributed by atoms with Crippen LogP contribution < -0.4 is 4.74 Å². The smallest absolute Gasteiger partial charge is 0.340 e. The minimum atomic E-state index is -1.36. The lowest BCUT2D eigenvalue weighted by Crippen LogP contribution is -2.35. The minimum Gasteiger partial charge on any atom is -0.489 e. The van der Waals surface area contributed by atoms with Gasteiger partial charge in [-0.25, -0.2) is 4.79 Å². The molecule has 3 aromatic carbocycles. The van der Waals surface area contributed by atoms with Crippen LogP contribution in [-0.4, -0.2) is 35.2 Å². The molecule has 34 heavy (non-hydrogen) atoms. The molecular formula is C27H27Cl2NO4. The molecule has 3 aromatic rings. The number of halogens is 2. The highest BCUT2D eigenvalue weighted by Crippen LogP contribution is 2.22. The average molecular weight is 500 g/mol. The quantitative estimate of drug-likeness (QED) is 0.249. The number of alkyl halides is 2. The van der Waals surface area contributed by atoms with Crippen molar-refractivity contribution in [2.45, 2.75) is 30.4 Å². The van der Waals surface area contributed by atoms with E-state index in [2.05, 4.69) is 0 Å². The molecule has 0 unspecified atom stereocenters. The van der Waals surface area contributed by atoms with E-state index in [9.17, 15) is 9.59 Å². The van der Waals surface area contributed by atoms with Crippen molar-refractivity contribution in [1.82, 2.24) is 4.90 Å². The van der Waals surface area contributed by atoms with E-state index in [1.807, 2.05) is 60.7 Å². The van der Waals surface area contributed by atoms with Gasteiger partial charge in [-0.2, -0.15) is 0 Å². The number of rotatable bonds is 11. The highest BCUT2D eigenvalue weighted by molar-refractivity contribution is 6.52. The zero-order valence-electron chi connectivity index (χ0n) is 18.9. The molecule has 0 aliphatic heterocycles. The molecule has 0 spiro atoms. The summed E-state index contributed by atoms with van der Waals surface area (Å²) in [5, 5.41) is 0. The summed E-state index contributed by atoms with van der Waals surface area (Å²) in [5.74, 6) is -0.379. The lowest BCUT2D eigenvalue weighted by atomic mass is 10.1. The van der Waals surface area contributed by atoms with Crippen LogP contribution in [0.4, 0.5) is 0 Å². The van der Waals surface area contributed by atoms with Crippen LogP contribution in [0, 0.1) is 0 Å². The third-order valence-corrected chi connectivity index (χ3v) is 5.60. The molecule has 1 atom stereocenters. The van der Waals surface area contributed by atoms with Gasteiger partial charge in [0.25, 0.3) is 5.91 Å². The first-order chi connectivity index (χ1) is 16.4. The van der Waals surface area contributed by atoms with Gasteiger partial charge in [-0.15, -0.1) is 0 Å². The Labute approximate surface area is 210 Å². The summed E-state index contributed by atoms with van der Waals surface area (Å²) in [5.41, 5.74) is 2.82. The number of nitrogens with zero attached hydrogens (tertiary/aromatic N) is 1. The summed E-state index contributed by atoms with van der Waals surface area (Å²) in [7, 11) is 1.69. The Morgan fingerprint density at radius 3 is 2.09 bits per heavy atom. The number of benzene rings is 3. The Morgan fingerprint density at radius 1 is 0.853 bits per heavy atom. The SMILES string of the molecule is CN(CCCc1ccc(OCc2ccccc2)cc1)C(=O)[C@H](OC(=O)C(Cl)Cl)c1ccccc1. The van der Waals surface area contributed by atoms with Gasteiger partial charge in [0.1, 0.15) is 12.4 Å². The summed E-state index contributed by atoms with van der Waals surface area (Å²) in [6.07, 6.45) is 0.438. The summed E-state index contributed by atoms with van der Waals surface area (Å²) < 4.78 is 11.1. The van der Waals surface area contributed by atoms with E-state index < -0.39 is 16.9 Å². The van der Waals surface area contributed by atoms with Crippen molar-refractivity contribution in [2.24, 2.45) is 0 Å². The number of ether oxygens (including phenoxy) is 2.